The summed E-state index contributed by atoms with van der Waals surface area (Å²) >= 11 is 0. The summed E-state index contributed by atoms with van der Waals surface area (Å²) in [6.45, 7) is 9.24. The first-order chi connectivity index (χ1) is 16.2. The van der Waals surface area contributed by atoms with Crippen molar-refractivity contribution in [2.24, 2.45) is 0 Å². The highest BCUT2D eigenvalue weighted by molar-refractivity contribution is 4.90. The lowest BCUT2D eigenvalue weighted by Gasteiger charge is -2.15. The number of nitrogens with one attached hydrogen (secondary N) is 1. The molecular weight excluding hydrogens is 400 g/mol. The fourth-order valence-electron chi connectivity index (χ4n) is 5.31. The molecule has 2 nitrogen and oxygen atoms in total. The highest BCUT2D eigenvalue weighted by Gasteiger charge is 2.23. The van der Waals surface area contributed by atoms with Gasteiger partial charge in [-0.1, -0.05) is 142 Å². The van der Waals surface area contributed by atoms with E-state index >= 15 is 0 Å². The summed E-state index contributed by atoms with van der Waals surface area (Å²) in [6, 6.07) is 0.550. The number of rotatable bonds is 24. The van der Waals surface area contributed by atoms with Gasteiger partial charge in [-0.3, -0.25) is 0 Å². The van der Waals surface area contributed by atoms with Crippen molar-refractivity contribution < 1.29 is 4.57 Å². The molecule has 0 aromatic carbocycles. The van der Waals surface area contributed by atoms with E-state index in [1.54, 1.807) is 0 Å². The molecule has 0 unspecified atom stereocenters. The average Bonchev–Trinajstić information content (AvgIpc) is 3.30. The molecule has 1 rings (SSSR count). The van der Waals surface area contributed by atoms with Crippen LogP contribution in [-0.2, 0) is 0 Å². The number of hydrogen-bond acceptors (Lipinski definition) is 0. The lowest BCUT2D eigenvalue weighted by molar-refractivity contribution is -0.723. The van der Waals surface area contributed by atoms with E-state index in [0.29, 0.717) is 12.0 Å². The molecule has 0 saturated heterocycles. The summed E-state index contributed by atoms with van der Waals surface area (Å²) in [5.74, 6) is 2.20. The predicted molar refractivity (Wildman–Crippen MR) is 147 cm³/mol. The Hall–Kier alpha value is -0.790. The molecule has 0 radical (unpaired) electrons. The quantitative estimate of drug-likeness (QED) is 0.117. The molecule has 0 aliphatic carbocycles. The van der Waals surface area contributed by atoms with Crippen LogP contribution in [0.15, 0.2) is 12.4 Å². The van der Waals surface area contributed by atoms with Crippen LogP contribution in [0.2, 0.25) is 0 Å². The van der Waals surface area contributed by atoms with Crippen molar-refractivity contribution >= 4 is 0 Å². The Balaban J connectivity index is 2.22. The van der Waals surface area contributed by atoms with Crippen molar-refractivity contribution in [2.45, 2.75) is 181 Å². The summed E-state index contributed by atoms with van der Waals surface area (Å²) < 4.78 is 2.48. The third kappa shape index (κ3) is 15.7. The zero-order valence-electron chi connectivity index (χ0n) is 23.3. The number of imidazole rings is 1. The maximum atomic E-state index is 3.62. The van der Waals surface area contributed by atoms with E-state index in [4.69, 9.17) is 0 Å². The van der Waals surface area contributed by atoms with Crippen LogP contribution in [0.4, 0.5) is 0 Å². The van der Waals surface area contributed by atoms with Crippen LogP contribution in [-0.4, -0.2) is 4.98 Å². The van der Waals surface area contributed by atoms with Crippen LogP contribution in [0, 0.1) is 0 Å². The number of aromatic nitrogens is 2. The van der Waals surface area contributed by atoms with E-state index in [1.807, 2.05) is 0 Å². The van der Waals surface area contributed by atoms with Gasteiger partial charge in [-0.15, -0.1) is 0 Å². The van der Waals surface area contributed by atoms with E-state index < -0.39 is 0 Å². The summed E-state index contributed by atoms with van der Waals surface area (Å²) in [5.41, 5.74) is 0. The largest absolute Gasteiger partial charge is 0.257 e. The van der Waals surface area contributed by atoms with Gasteiger partial charge in [-0.25, -0.2) is 9.55 Å². The highest BCUT2D eigenvalue weighted by atomic mass is 15.1. The van der Waals surface area contributed by atoms with Crippen molar-refractivity contribution in [3.63, 3.8) is 0 Å². The molecule has 33 heavy (non-hydrogen) atoms. The molecule has 1 aromatic rings. The number of hydrogen-bond donors (Lipinski definition) is 1. The Kier molecular flexibility index (Phi) is 19.9. The van der Waals surface area contributed by atoms with Gasteiger partial charge in [0.15, 0.2) is 0 Å². The van der Waals surface area contributed by atoms with Gasteiger partial charge in [-0.05, 0) is 26.7 Å². The van der Waals surface area contributed by atoms with Crippen molar-refractivity contribution in [2.75, 3.05) is 0 Å². The summed E-state index contributed by atoms with van der Waals surface area (Å²) in [4.78, 5) is 3.62. The highest BCUT2D eigenvalue weighted by Crippen LogP contribution is 2.26. The smallest absolute Gasteiger partial charge is 0.247 e. The molecule has 0 aliphatic heterocycles. The lowest BCUT2D eigenvalue weighted by Crippen LogP contribution is -2.39. The molecule has 2 heteroatoms. The second kappa shape index (κ2) is 21.7. The van der Waals surface area contributed by atoms with E-state index in [0.717, 1.165) is 0 Å². The number of aromatic amines is 1. The molecule has 0 bridgehead atoms. The van der Waals surface area contributed by atoms with Crippen LogP contribution in [0.25, 0.3) is 0 Å². The zero-order valence-corrected chi connectivity index (χ0v) is 23.3. The van der Waals surface area contributed by atoms with Crippen LogP contribution in [0.5, 0.6) is 0 Å². The van der Waals surface area contributed by atoms with E-state index in [-0.39, 0.29) is 0 Å². The number of nitrogens with zero attached hydrogens (tertiary/aromatic N) is 1. The van der Waals surface area contributed by atoms with Crippen LogP contribution in [0.1, 0.15) is 187 Å². The minimum atomic E-state index is 0.550. The Labute approximate surface area is 208 Å². The molecule has 1 N–H and O–H groups in total. The van der Waals surface area contributed by atoms with Crippen molar-refractivity contribution in [3.8, 4) is 0 Å². The minimum Gasteiger partial charge on any atom is -0.247 e. The molecule has 194 valence electrons. The Morgan fingerprint density at radius 2 is 0.939 bits per heavy atom. The van der Waals surface area contributed by atoms with Gasteiger partial charge < -0.3 is 0 Å². The second-order valence-electron chi connectivity index (χ2n) is 11.0. The standard InChI is InChI=1S/C31H60N2/c1-5-7-9-11-13-15-16-17-18-20-22-24-26-30(31-32-27-28-33(31)29(3)4)25-23-21-19-14-12-10-8-6-2/h27-30H,5-26H2,1-4H3/p+1/t30-/m0/s1. The maximum absolute atomic E-state index is 3.62. The van der Waals surface area contributed by atoms with Crippen LogP contribution in [0.3, 0.4) is 0 Å². The second-order valence-corrected chi connectivity index (χ2v) is 11.0. The van der Waals surface area contributed by atoms with Gasteiger partial charge in [0.1, 0.15) is 12.4 Å². The first-order valence-corrected chi connectivity index (χ1v) is 15.3. The van der Waals surface area contributed by atoms with Crippen molar-refractivity contribution in [1.82, 2.24) is 4.98 Å². The van der Waals surface area contributed by atoms with Gasteiger partial charge in [-0.2, -0.15) is 0 Å². The first-order valence-electron chi connectivity index (χ1n) is 15.3. The van der Waals surface area contributed by atoms with Crippen molar-refractivity contribution in [3.05, 3.63) is 18.2 Å². The molecule has 1 aromatic heterocycles. The van der Waals surface area contributed by atoms with Crippen LogP contribution < -0.4 is 4.57 Å². The number of H-pyrrole nitrogens is 1. The van der Waals surface area contributed by atoms with E-state index in [9.17, 15) is 0 Å². The summed E-state index contributed by atoms with van der Waals surface area (Å²) in [6.07, 6.45) is 35.7. The predicted octanol–water partition coefficient (Wildman–Crippen LogP) is 10.6. The lowest BCUT2D eigenvalue weighted by atomic mass is 9.93. The molecule has 0 fully saturated rings. The Morgan fingerprint density at radius 3 is 1.30 bits per heavy atom. The SMILES string of the molecule is CCCCCCCCCCCCCC[C@H](CCCCCCCCCC)c1[nH]cc[n+]1C(C)C. The molecule has 1 atom stereocenters. The molecule has 0 spiro atoms. The fourth-order valence-corrected chi connectivity index (χ4v) is 5.31. The van der Waals surface area contributed by atoms with Gasteiger partial charge in [0, 0.05) is 0 Å². The third-order valence-corrected chi connectivity index (χ3v) is 7.50. The van der Waals surface area contributed by atoms with E-state index in [1.165, 1.54) is 147 Å². The van der Waals surface area contributed by atoms with Gasteiger partial charge in [0.25, 0.3) is 5.82 Å². The average molecular weight is 462 g/mol. The molecule has 0 saturated carbocycles. The zero-order chi connectivity index (χ0) is 24.0. The normalized spacial score (nSPS) is 12.6. The minimum absolute atomic E-state index is 0.550. The van der Waals surface area contributed by atoms with Gasteiger partial charge in [0.05, 0.1) is 12.0 Å². The van der Waals surface area contributed by atoms with Crippen molar-refractivity contribution in [1.29, 1.82) is 0 Å². The first kappa shape index (κ1) is 30.2. The summed E-state index contributed by atoms with van der Waals surface area (Å²) in [7, 11) is 0. The van der Waals surface area contributed by atoms with Gasteiger partial charge in [0.2, 0.25) is 0 Å². The molecule has 1 heterocycles. The molecule has 0 amide bonds. The van der Waals surface area contributed by atoms with Crippen LogP contribution >= 0.6 is 0 Å². The number of unbranched alkanes of at least 4 members (excludes halogenated alkanes) is 18. The maximum Gasteiger partial charge on any atom is 0.257 e. The molecular formula is C31H61N2+. The monoisotopic (exact) mass is 461 g/mol. The Bertz CT molecular complexity index is 519. The topological polar surface area (TPSA) is 19.7 Å². The fraction of sp³-hybridized carbons (Fsp3) is 0.903. The molecule has 0 aliphatic rings. The Morgan fingerprint density at radius 1 is 0.576 bits per heavy atom. The van der Waals surface area contributed by atoms with Gasteiger partial charge >= 0.3 is 0 Å². The summed E-state index contributed by atoms with van der Waals surface area (Å²) in [5, 5.41) is 0. The van der Waals surface area contributed by atoms with E-state index in [2.05, 4.69) is 49.6 Å². The third-order valence-electron chi connectivity index (χ3n) is 7.50.